The number of H-pyrrole nitrogens is 2. The van der Waals surface area contributed by atoms with Gasteiger partial charge in [0.25, 0.3) is 5.56 Å². The molecule has 6 rings (SSSR count). The van der Waals surface area contributed by atoms with Gasteiger partial charge in [-0.05, 0) is 63.2 Å². The molecule has 2 aliphatic rings. The first-order valence-corrected chi connectivity index (χ1v) is 15.9. The monoisotopic (exact) mass is 610 g/mol. The highest BCUT2D eigenvalue weighted by Crippen LogP contribution is 2.32. The fraction of sp³-hybridized carbons (Fsp3) is 0.448. The molecular formula is C29H38N8O5S. The number of likely N-dealkylation sites (N-methyl/N-ethyl adjacent to an activating group) is 1. The van der Waals surface area contributed by atoms with Crippen LogP contribution in [0.5, 0.6) is 5.75 Å². The Hall–Kier alpha value is -3.85. The van der Waals surface area contributed by atoms with Gasteiger partial charge in [-0.2, -0.15) is 4.31 Å². The van der Waals surface area contributed by atoms with Gasteiger partial charge in [-0.25, -0.2) is 18.4 Å². The zero-order chi connectivity index (χ0) is 30.6. The predicted octanol–water partition coefficient (Wildman–Crippen LogP) is 1.66. The van der Waals surface area contributed by atoms with E-state index in [0.29, 0.717) is 60.5 Å². The topological polar surface area (TPSA) is 179 Å². The number of fused-ring (bicyclic) bond motifs is 2. The molecule has 4 aromatic rings. The number of carbonyl (C=O) groups excluding carboxylic acids is 1. The van der Waals surface area contributed by atoms with Crippen LogP contribution in [0.2, 0.25) is 0 Å². The number of nitrogens with zero attached hydrogens (tertiary/aromatic N) is 4. The number of nitrogens with two attached hydrogens (primary N) is 1. The van der Waals surface area contributed by atoms with Crippen LogP contribution in [0.3, 0.4) is 0 Å². The van der Waals surface area contributed by atoms with Crippen molar-refractivity contribution in [2.24, 2.45) is 11.7 Å². The van der Waals surface area contributed by atoms with Crippen LogP contribution >= 0.6 is 0 Å². The number of hydrogen-bond donors (Lipinski definition) is 4. The number of piperidine rings is 1. The maximum absolute atomic E-state index is 13.4. The number of ether oxygens (including phenoxy) is 1. The van der Waals surface area contributed by atoms with Gasteiger partial charge in [-0.3, -0.25) is 9.59 Å². The number of rotatable bonds is 7. The number of imidazole rings is 1. The maximum atomic E-state index is 13.4. The zero-order valence-corrected chi connectivity index (χ0v) is 25.2. The number of amides is 1. The van der Waals surface area contributed by atoms with Gasteiger partial charge in [0.2, 0.25) is 15.9 Å². The minimum atomic E-state index is -3.71. The van der Waals surface area contributed by atoms with Crippen molar-refractivity contribution in [2.45, 2.75) is 31.1 Å². The second kappa shape index (κ2) is 13.2. The van der Waals surface area contributed by atoms with Gasteiger partial charge in [-0.1, -0.05) is 6.92 Å². The molecule has 13 nitrogen and oxygen atoms in total. The molecule has 14 heteroatoms. The van der Waals surface area contributed by atoms with Crippen molar-refractivity contribution >= 4 is 37.9 Å². The van der Waals surface area contributed by atoms with Crippen molar-refractivity contribution in [3.8, 4) is 17.1 Å². The summed E-state index contributed by atoms with van der Waals surface area (Å²) in [5.74, 6) is 0.623. The molecule has 2 fully saturated rings. The van der Waals surface area contributed by atoms with E-state index < -0.39 is 10.0 Å². The van der Waals surface area contributed by atoms with Crippen LogP contribution in [0.1, 0.15) is 26.2 Å². The summed E-state index contributed by atoms with van der Waals surface area (Å²) in [5, 5.41) is 3.53. The molecule has 4 heterocycles. The molecule has 2 aromatic heterocycles. The summed E-state index contributed by atoms with van der Waals surface area (Å²) in [5.41, 5.74) is 7.07. The fourth-order valence-corrected chi connectivity index (χ4v) is 6.61. The Balaban J connectivity index is 0.000000351. The Bertz CT molecular complexity index is 1760. The molecule has 0 aliphatic carbocycles. The van der Waals surface area contributed by atoms with Crippen LogP contribution in [-0.2, 0) is 14.8 Å². The quantitative estimate of drug-likeness (QED) is 0.242. The van der Waals surface area contributed by atoms with Gasteiger partial charge in [0.05, 0.1) is 51.2 Å². The molecule has 0 bridgehead atoms. The molecule has 1 unspecified atom stereocenters. The lowest BCUT2D eigenvalue weighted by Crippen LogP contribution is -2.47. The average Bonchev–Trinajstić information content (AvgIpc) is 3.47. The summed E-state index contributed by atoms with van der Waals surface area (Å²) >= 11 is 0. The Labute approximate surface area is 249 Å². The van der Waals surface area contributed by atoms with E-state index in [9.17, 15) is 18.0 Å². The molecule has 2 aliphatic heterocycles. The number of piperazine rings is 1. The Kier molecular flexibility index (Phi) is 9.40. The van der Waals surface area contributed by atoms with E-state index in [1.807, 2.05) is 14.0 Å². The van der Waals surface area contributed by atoms with Gasteiger partial charge >= 0.3 is 0 Å². The van der Waals surface area contributed by atoms with Crippen molar-refractivity contribution in [1.82, 2.24) is 34.5 Å². The highest BCUT2D eigenvalue weighted by Gasteiger charge is 2.29. The van der Waals surface area contributed by atoms with Crippen molar-refractivity contribution < 1.29 is 17.9 Å². The SMILES string of the molecule is CCCOc1ccc(S(=O)(=O)N2CCN(C)CC2)cc1-c1nc2cc3nc[nH]c3cc2c(=O)[nH]1.NC(=O)C1CCCNC1. The largest absolute Gasteiger partial charge is 0.493 e. The molecule has 0 saturated carbocycles. The molecule has 1 amide bonds. The number of benzene rings is 2. The smallest absolute Gasteiger partial charge is 0.259 e. The number of carbonyl (C=O) groups is 1. The lowest BCUT2D eigenvalue weighted by molar-refractivity contribution is -0.122. The first kappa shape index (κ1) is 30.6. The molecule has 2 aromatic carbocycles. The van der Waals surface area contributed by atoms with Crippen LogP contribution < -0.4 is 21.3 Å². The van der Waals surface area contributed by atoms with Crippen molar-refractivity contribution in [3.63, 3.8) is 0 Å². The number of nitrogens with one attached hydrogen (secondary N) is 3. The van der Waals surface area contributed by atoms with Crippen LogP contribution in [0, 0.1) is 5.92 Å². The summed E-state index contributed by atoms with van der Waals surface area (Å²) in [6.45, 7) is 6.43. The van der Waals surface area contributed by atoms with Crippen LogP contribution in [0.15, 0.2) is 46.3 Å². The highest BCUT2D eigenvalue weighted by molar-refractivity contribution is 7.89. The molecule has 0 spiro atoms. The van der Waals surface area contributed by atoms with Crippen molar-refractivity contribution in [2.75, 3.05) is 52.9 Å². The van der Waals surface area contributed by atoms with E-state index in [0.717, 1.165) is 37.9 Å². The highest BCUT2D eigenvalue weighted by atomic mass is 32.2. The van der Waals surface area contributed by atoms with E-state index in [-0.39, 0.29) is 28.1 Å². The standard InChI is InChI=1S/C23H26N6O4S.C6H12N2O/c1-3-10-33-21-5-4-15(34(31,32)29-8-6-28(2)7-9-29)11-17(21)22-26-18-13-20-19(24-14-25-20)12-16(18)23(30)27-22;7-6(9)5-2-1-3-8-4-5/h4-5,11-14H,3,6-10H2,1-2H3,(H,24,25)(H,26,27,30);5,8H,1-4H2,(H2,7,9). The average molecular weight is 611 g/mol. The summed E-state index contributed by atoms with van der Waals surface area (Å²) in [4.78, 5) is 40.4. The summed E-state index contributed by atoms with van der Waals surface area (Å²) in [7, 11) is -1.74. The fourth-order valence-electron chi connectivity index (χ4n) is 5.16. The van der Waals surface area contributed by atoms with E-state index in [1.165, 1.54) is 10.4 Å². The van der Waals surface area contributed by atoms with Crippen LogP contribution in [0.25, 0.3) is 33.3 Å². The first-order valence-electron chi connectivity index (χ1n) is 14.5. The minimum Gasteiger partial charge on any atom is -0.493 e. The molecule has 43 heavy (non-hydrogen) atoms. The maximum Gasteiger partial charge on any atom is 0.259 e. The van der Waals surface area contributed by atoms with Gasteiger partial charge in [0, 0.05) is 32.7 Å². The van der Waals surface area contributed by atoms with E-state index >= 15 is 0 Å². The second-order valence-electron chi connectivity index (χ2n) is 10.9. The Morgan fingerprint density at radius 3 is 2.60 bits per heavy atom. The molecular weight excluding hydrogens is 572 g/mol. The van der Waals surface area contributed by atoms with E-state index in [1.54, 1.807) is 30.6 Å². The lowest BCUT2D eigenvalue weighted by Gasteiger charge is -2.31. The number of hydrogen-bond acceptors (Lipinski definition) is 9. The molecule has 2 saturated heterocycles. The lowest BCUT2D eigenvalue weighted by atomic mass is 9.99. The van der Waals surface area contributed by atoms with E-state index in [4.69, 9.17) is 10.5 Å². The summed E-state index contributed by atoms with van der Waals surface area (Å²) in [6, 6.07) is 8.16. The summed E-state index contributed by atoms with van der Waals surface area (Å²) in [6.07, 6.45) is 4.37. The van der Waals surface area contributed by atoms with Gasteiger partial charge in [-0.15, -0.1) is 0 Å². The normalized spacial score (nSPS) is 18.3. The number of sulfonamides is 1. The number of aromatic amines is 2. The van der Waals surface area contributed by atoms with Crippen LogP contribution in [-0.4, -0.2) is 96.4 Å². The van der Waals surface area contributed by atoms with Gasteiger partial charge in [0.15, 0.2) is 0 Å². The Morgan fingerprint density at radius 1 is 1.14 bits per heavy atom. The predicted molar refractivity (Wildman–Crippen MR) is 164 cm³/mol. The number of primary amides is 1. The molecule has 230 valence electrons. The second-order valence-corrected chi connectivity index (χ2v) is 12.8. The molecule has 1 atom stereocenters. The third kappa shape index (κ3) is 6.88. The molecule has 5 N–H and O–H groups in total. The summed E-state index contributed by atoms with van der Waals surface area (Å²) < 4.78 is 34.1. The third-order valence-electron chi connectivity index (χ3n) is 7.71. The first-order chi connectivity index (χ1) is 20.7. The van der Waals surface area contributed by atoms with Crippen molar-refractivity contribution in [1.29, 1.82) is 0 Å². The molecule has 0 radical (unpaired) electrons. The number of aromatic nitrogens is 4. The third-order valence-corrected chi connectivity index (χ3v) is 9.61. The van der Waals surface area contributed by atoms with Gasteiger partial charge < -0.3 is 30.7 Å². The minimum absolute atomic E-state index is 0.0822. The zero-order valence-electron chi connectivity index (χ0n) is 24.4. The Morgan fingerprint density at radius 2 is 1.93 bits per heavy atom. The van der Waals surface area contributed by atoms with Crippen LogP contribution in [0.4, 0.5) is 0 Å². The van der Waals surface area contributed by atoms with Crippen molar-refractivity contribution in [3.05, 3.63) is 47.0 Å². The van der Waals surface area contributed by atoms with Gasteiger partial charge in [0.1, 0.15) is 11.6 Å². The van der Waals surface area contributed by atoms with E-state index in [2.05, 4.69) is 30.2 Å².